The van der Waals surface area contributed by atoms with Crippen molar-refractivity contribution in [3.05, 3.63) is 70.3 Å². The molecule has 29 heavy (non-hydrogen) atoms. The Bertz CT molecular complexity index is 926. The fourth-order valence-corrected chi connectivity index (χ4v) is 2.82. The lowest BCUT2D eigenvalue weighted by Crippen LogP contribution is -2.34. The molecule has 4 nitrogen and oxygen atoms in total. The number of rotatable bonds is 6. The number of likely N-dealkylation sites (N-methyl/N-ethyl adjacent to an activating group) is 1. The van der Waals surface area contributed by atoms with Crippen LogP contribution in [-0.4, -0.2) is 30.3 Å². The average Bonchev–Trinajstić information content (AvgIpc) is 2.66. The number of carbonyl (C=O) groups excluding carboxylic acids is 2. The number of hydrogen-bond donors (Lipinski definition) is 1. The summed E-state index contributed by atoms with van der Waals surface area (Å²) in [7, 11) is 1.43. The first kappa shape index (κ1) is 22.5. The van der Waals surface area contributed by atoms with Gasteiger partial charge in [0.05, 0.1) is 17.1 Å². The van der Waals surface area contributed by atoms with Crippen LogP contribution in [0.3, 0.4) is 0 Å². The molecule has 0 aliphatic rings. The topological polar surface area (TPSA) is 49.4 Å². The maximum Gasteiger partial charge on any atom is 0.417 e. The summed E-state index contributed by atoms with van der Waals surface area (Å²) in [6.45, 7) is 1.77. The van der Waals surface area contributed by atoms with Crippen LogP contribution < -0.4 is 5.32 Å². The number of aryl methyl sites for hydroxylation is 1. The van der Waals surface area contributed by atoms with Crippen LogP contribution in [-0.2, 0) is 22.2 Å². The van der Waals surface area contributed by atoms with Gasteiger partial charge in [-0.1, -0.05) is 42.8 Å². The summed E-state index contributed by atoms with van der Waals surface area (Å²) in [4.78, 5) is 25.5. The number of amides is 2. The molecule has 2 rings (SSSR count). The highest BCUT2D eigenvalue weighted by molar-refractivity contribution is 6.31. The second kappa shape index (κ2) is 9.60. The summed E-state index contributed by atoms with van der Waals surface area (Å²) in [5.41, 5.74) is 0.844. The third kappa shape index (κ3) is 6.35. The summed E-state index contributed by atoms with van der Waals surface area (Å²) in [5.74, 6) is -0.895. The van der Waals surface area contributed by atoms with Gasteiger partial charge in [0, 0.05) is 18.8 Å². The van der Waals surface area contributed by atoms with Crippen molar-refractivity contribution in [2.75, 3.05) is 18.9 Å². The number of carbonyl (C=O) groups is 2. The third-order valence-electron chi connectivity index (χ3n) is 4.14. The normalized spacial score (nSPS) is 11.5. The van der Waals surface area contributed by atoms with Gasteiger partial charge in [-0.3, -0.25) is 9.59 Å². The molecular formula is C21H20ClF3N2O2. The molecular weight excluding hydrogens is 405 g/mol. The Morgan fingerprint density at radius 1 is 1.17 bits per heavy atom. The van der Waals surface area contributed by atoms with Gasteiger partial charge in [-0.15, -0.1) is 0 Å². The zero-order valence-corrected chi connectivity index (χ0v) is 16.6. The van der Waals surface area contributed by atoms with Crippen LogP contribution in [0.1, 0.15) is 23.6 Å². The Labute approximate surface area is 172 Å². The van der Waals surface area contributed by atoms with Crippen molar-refractivity contribution in [1.29, 1.82) is 0 Å². The lowest BCUT2D eigenvalue weighted by Gasteiger charge is -2.16. The predicted octanol–water partition coefficient (Wildman–Crippen LogP) is 5.03. The molecule has 8 heteroatoms. The van der Waals surface area contributed by atoms with E-state index in [1.54, 1.807) is 12.1 Å². The molecule has 0 bridgehead atoms. The Balaban J connectivity index is 2.01. The van der Waals surface area contributed by atoms with E-state index >= 15 is 0 Å². The van der Waals surface area contributed by atoms with E-state index in [-0.39, 0.29) is 18.0 Å². The third-order valence-corrected chi connectivity index (χ3v) is 4.47. The van der Waals surface area contributed by atoms with Crippen LogP contribution in [0.4, 0.5) is 18.9 Å². The number of nitrogens with zero attached hydrogens (tertiary/aromatic N) is 1. The SMILES string of the molecule is CCc1ccccc1NC(=O)CN(C)C(=O)/C=C/c1ccc(Cl)c(C(F)(F)F)c1. The number of halogens is 4. The highest BCUT2D eigenvalue weighted by Gasteiger charge is 2.33. The smallest absolute Gasteiger partial charge is 0.333 e. The molecule has 0 spiro atoms. The average molecular weight is 425 g/mol. The maximum atomic E-state index is 12.9. The van der Waals surface area contributed by atoms with Crippen molar-refractivity contribution in [3.63, 3.8) is 0 Å². The monoisotopic (exact) mass is 424 g/mol. The van der Waals surface area contributed by atoms with Crippen molar-refractivity contribution < 1.29 is 22.8 Å². The minimum Gasteiger partial charge on any atom is -0.333 e. The van der Waals surface area contributed by atoms with Crippen molar-refractivity contribution >= 4 is 35.2 Å². The Kier molecular flexibility index (Phi) is 7.45. The minimum atomic E-state index is -4.59. The molecule has 0 aliphatic carbocycles. The van der Waals surface area contributed by atoms with E-state index in [1.165, 1.54) is 24.1 Å². The molecule has 154 valence electrons. The molecule has 0 heterocycles. The molecule has 2 amide bonds. The minimum absolute atomic E-state index is 0.171. The fourth-order valence-electron chi connectivity index (χ4n) is 2.59. The van der Waals surface area contributed by atoms with Crippen LogP contribution in [0.25, 0.3) is 6.08 Å². The number of anilines is 1. The Morgan fingerprint density at radius 3 is 2.52 bits per heavy atom. The molecule has 0 fully saturated rings. The lowest BCUT2D eigenvalue weighted by molar-refractivity contribution is -0.137. The van der Waals surface area contributed by atoms with Gasteiger partial charge in [0.25, 0.3) is 0 Å². The van der Waals surface area contributed by atoms with E-state index in [2.05, 4.69) is 5.32 Å². The summed E-state index contributed by atoms with van der Waals surface area (Å²) in [5, 5.41) is 2.34. The first-order valence-electron chi connectivity index (χ1n) is 8.79. The van der Waals surface area contributed by atoms with Gasteiger partial charge in [-0.05, 0) is 41.8 Å². The van der Waals surface area contributed by atoms with E-state index in [9.17, 15) is 22.8 Å². The Hall–Kier alpha value is -2.80. The Morgan fingerprint density at radius 2 is 1.86 bits per heavy atom. The molecule has 0 unspecified atom stereocenters. The second-order valence-electron chi connectivity index (χ2n) is 6.32. The largest absolute Gasteiger partial charge is 0.417 e. The van der Waals surface area contributed by atoms with Crippen LogP contribution in [0, 0.1) is 0 Å². The molecule has 0 aromatic heterocycles. The molecule has 0 aliphatic heterocycles. The molecule has 0 saturated heterocycles. The van der Waals surface area contributed by atoms with Gasteiger partial charge in [-0.2, -0.15) is 13.2 Å². The zero-order chi connectivity index (χ0) is 21.6. The first-order chi connectivity index (χ1) is 13.6. The molecule has 0 saturated carbocycles. The zero-order valence-electron chi connectivity index (χ0n) is 15.9. The number of nitrogens with one attached hydrogen (secondary N) is 1. The van der Waals surface area contributed by atoms with Gasteiger partial charge in [-0.25, -0.2) is 0 Å². The molecule has 2 aromatic carbocycles. The number of alkyl halides is 3. The highest BCUT2D eigenvalue weighted by atomic mass is 35.5. The van der Waals surface area contributed by atoms with Crippen LogP contribution in [0.5, 0.6) is 0 Å². The van der Waals surface area contributed by atoms with E-state index in [1.807, 2.05) is 19.1 Å². The van der Waals surface area contributed by atoms with Crippen molar-refractivity contribution in [2.45, 2.75) is 19.5 Å². The summed E-state index contributed by atoms with van der Waals surface area (Å²) < 4.78 is 38.7. The van der Waals surface area contributed by atoms with E-state index in [4.69, 9.17) is 11.6 Å². The van der Waals surface area contributed by atoms with Crippen molar-refractivity contribution in [3.8, 4) is 0 Å². The summed E-state index contributed by atoms with van der Waals surface area (Å²) >= 11 is 5.58. The van der Waals surface area contributed by atoms with E-state index in [0.29, 0.717) is 5.69 Å². The lowest BCUT2D eigenvalue weighted by atomic mass is 10.1. The van der Waals surface area contributed by atoms with Crippen molar-refractivity contribution in [2.24, 2.45) is 0 Å². The van der Waals surface area contributed by atoms with Crippen LogP contribution in [0.2, 0.25) is 5.02 Å². The fraction of sp³-hybridized carbons (Fsp3) is 0.238. The van der Waals surface area contributed by atoms with Crippen LogP contribution >= 0.6 is 11.6 Å². The quantitative estimate of drug-likeness (QED) is 0.661. The van der Waals surface area contributed by atoms with Crippen molar-refractivity contribution in [1.82, 2.24) is 4.90 Å². The highest BCUT2D eigenvalue weighted by Crippen LogP contribution is 2.35. The van der Waals surface area contributed by atoms with Gasteiger partial charge in [0.1, 0.15) is 0 Å². The van der Waals surface area contributed by atoms with E-state index < -0.39 is 22.7 Å². The predicted molar refractivity (Wildman–Crippen MR) is 108 cm³/mol. The maximum absolute atomic E-state index is 12.9. The summed E-state index contributed by atoms with van der Waals surface area (Å²) in [6.07, 6.45) is -1.49. The van der Waals surface area contributed by atoms with Gasteiger partial charge >= 0.3 is 6.18 Å². The van der Waals surface area contributed by atoms with Gasteiger partial charge in [0.15, 0.2) is 0 Å². The molecule has 0 atom stereocenters. The van der Waals surface area contributed by atoms with Gasteiger partial charge in [0.2, 0.25) is 11.8 Å². The van der Waals surface area contributed by atoms with E-state index in [0.717, 1.165) is 30.2 Å². The molecule has 0 radical (unpaired) electrons. The number of benzene rings is 2. The molecule has 2 aromatic rings. The number of para-hydroxylation sites is 1. The van der Waals surface area contributed by atoms with Gasteiger partial charge < -0.3 is 10.2 Å². The standard InChI is InChI=1S/C21H20ClF3N2O2/c1-3-15-6-4-5-7-18(15)26-19(28)13-27(2)20(29)11-9-14-8-10-17(22)16(12-14)21(23,24)25/h4-12H,3,13H2,1-2H3,(H,26,28)/b11-9+. The second-order valence-corrected chi connectivity index (χ2v) is 6.73. The first-order valence-corrected chi connectivity index (χ1v) is 9.17. The summed E-state index contributed by atoms with van der Waals surface area (Å²) in [6, 6.07) is 10.7. The molecule has 1 N–H and O–H groups in total. The van der Waals surface area contributed by atoms with Crippen LogP contribution in [0.15, 0.2) is 48.5 Å². The number of hydrogen-bond acceptors (Lipinski definition) is 2.